The number of hydrogen-bond donors (Lipinski definition) is 1. The molecule has 3 aromatic rings. The van der Waals surface area contributed by atoms with Gasteiger partial charge in [0, 0.05) is 24.3 Å². The maximum atomic E-state index is 13.0. The number of aryl methyl sites for hydroxylation is 1. The molecule has 8 heteroatoms. The van der Waals surface area contributed by atoms with E-state index in [0.717, 1.165) is 42.7 Å². The van der Waals surface area contributed by atoms with Gasteiger partial charge in [0.05, 0.1) is 30.3 Å². The molecule has 0 saturated carbocycles. The molecule has 0 amide bonds. The van der Waals surface area contributed by atoms with Crippen LogP contribution in [-0.4, -0.2) is 51.7 Å². The first-order valence-electron chi connectivity index (χ1n) is 9.27. The third kappa shape index (κ3) is 2.90. The molecule has 27 heavy (non-hydrogen) atoms. The summed E-state index contributed by atoms with van der Waals surface area (Å²) in [6, 6.07) is 7.46. The van der Waals surface area contributed by atoms with Crippen molar-refractivity contribution in [3.63, 3.8) is 0 Å². The molecule has 1 aromatic carbocycles. The van der Waals surface area contributed by atoms with Crippen molar-refractivity contribution in [1.82, 2.24) is 19.7 Å². The maximum absolute atomic E-state index is 13.0. The van der Waals surface area contributed by atoms with Gasteiger partial charge in [-0.3, -0.25) is 0 Å². The van der Waals surface area contributed by atoms with Gasteiger partial charge in [-0.25, -0.2) is 19.0 Å². The summed E-state index contributed by atoms with van der Waals surface area (Å²) in [5, 5.41) is 5.19. The Hall–Kier alpha value is -2.74. The van der Waals surface area contributed by atoms with Crippen molar-refractivity contribution in [2.75, 3.05) is 30.4 Å². The molecule has 2 aliphatic rings. The zero-order valence-corrected chi connectivity index (χ0v) is 14.9. The number of rotatable bonds is 4. The number of halogens is 1. The molecule has 2 saturated heterocycles. The summed E-state index contributed by atoms with van der Waals surface area (Å²) in [7, 11) is 0. The van der Waals surface area contributed by atoms with E-state index in [1.165, 1.54) is 0 Å². The predicted octanol–water partition coefficient (Wildman–Crippen LogP) is 2.41. The number of nitrogens with zero attached hydrogens (tertiary/aromatic N) is 5. The second-order valence-electron chi connectivity index (χ2n) is 7.15. The van der Waals surface area contributed by atoms with E-state index in [-0.39, 0.29) is 18.8 Å². The average molecular weight is 368 g/mol. The molecule has 140 valence electrons. The summed E-state index contributed by atoms with van der Waals surface area (Å²) in [6.45, 7) is 1.29. The Morgan fingerprint density at radius 3 is 2.56 bits per heavy atom. The summed E-state index contributed by atoms with van der Waals surface area (Å²) >= 11 is 0. The van der Waals surface area contributed by atoms with E-state index in [1.807, 2.05) is 24.3 Å². The molecule has 2 N–H and O–H groups in total. The van der Waals surface area contributed by atoms with Crippen LogP contribution in [0.5, 0.6) is 0 Å². The van der Waals surface area contributed by atoms with Gasteiger partial charge in [-0.1, -0.05) is 0 Å². The number of nitrogens with two attached hydrogens (primary N) is 1. The first-order valence-corrected chi connectivity index (χ1v) is 9.27. The Balaban J connectivity index is 1.65. The molecule has 5 rings (SSSR count). The Labute approximate surface area is 156 Å². The molecule has 2 aliphatic heterocycles. The highest BCUT2D eigenvalue weighted by Gasteiger charge is 2.35. The van der Waals surface area contributed by atoms with Crippen LogP contribution < -0.4 is 10.6 Å². The molecule has 2 aromatic heterocycles. The first-order chi connectivity index (χ1) is 13.2. The third-order valence-electron chi connectivity index (χ3n) is 5.28. The van der Waals surface area contributed by atoms with Crippen LogP contribution in [0, 0.1) is 0 Å². The Morgan fingerprint density at radius 2 is 1.85 bits per heavy atom. The number of fused-ring (bicyclic) bond motifs is 3. The molecule has 2 unspecified atom stereocenters. The van der Waals surface area contributed by atoms with Gasteiger partial charge in [0.2, 0.25) is 0 Å². The number of nitrogen functional groups attached to an aromatic ring is 1. The molecule has 2 bridgehead atoms. The number of anilines is 2. The lowest BCUT2D eigenvalue weighted by atomic mass is 10.2. The Bertz CT molecular complexity index is 960. The maximum Gasteiger partial charge on any atom is 0.164 e. The predicted molar refractivity (Wildman–Crippen MR) is 101 cm³/mol. The average Bonchev–Trinajstić information content (AvgIpc) is 3.24. The molecule has 0 spiro atoms. The van der Waals surface area contributed by atoms with Crippen LogP contribution >= 0.6 is 0 Å². The lowest BCUT2D eigenvalue weighted by molar-refractivity contribution is 0.0303. The zero-order chi connectivity index (χ0) is 18.4. The lowest BCUT2D eigenvalue weighted by Crippen LogP contribution is -2.43. The van der Waals surface area contributed by atoms with Crippen molar-refractivity contribution in [2.24, 2.45) is 0 Å². The van der Waals surface area contributed by atoms with Crippen LogP contribution in [0.3, 0.4) is 0 Å². The van der Waals surface area contributed by atoms with E-state index in [0.29, 0.717) is 17.2 Å². The second-order valence-corrected chi connectivity index (χ2v) is 7.15. The van der Waals surface area contributed by atoms with Crippen LogP contribution in [0.4, 0.5) is 15.9 Å². The number of hydrogen-bond acceptors (Lipinski definition) is 6. The number of alkyl halides is 1. The molecule has 0 radical (unpaired) electrons. The normalized spacial score (nSPS) is 21.9. The lowest BCUT2D eigenvalue weighted by Gasteiger charge is -2.33. The summed E-state index contributed by atoms with van der Waals surface area (Å²) in [6.07, 6.45) is 4.40. The summed E-state index contributed by atoms with van der Waals surface area (Å²) in [5.41, 5.74) is 8.02. The quantitative estimate of drug-likeness (QED) is 0.712. The van der Waals surface area contributed by atoms with E-state index < -0.39 is 6.67 Å². The Kier molecular flexibility index (Phi) is 3.93. The van der Waals surface area contributed by atoms with Gasteiger partial charge in [0.25, 0.3) is 0 Å². The number of benzene rings is 1. The minimum atomic E-state index is -0.491. The van der Waals surface area contributed by atoms with E-state index in [9.17, 15) is 4.39 Å². The van der Waals surface area contributed by atoms with E-state index in [2.05, 4.69) is 15.0 Å². The van der Waals surface area contributed by atoms with E-state index >= 15 is 0 Å². The molecule has 2 atom stereocenters. The minimum Gasteiger partial charge on any atom is -0.399 e. The smallest absolute Gasteiger partial charge is 0.164 e. The van der Waals surface area contributed by atoms with Crippen molar-refractivity contribution < 1.29 is 9.13 Å². The van der Waals surface area contributed by atoms with Gasteiger partial charge in [-0.05, 0) is 37.1 Å². The van der Waals surface area contributed by atoms with Gasteiger partial charge in [0.1, 0.15) is 12.5 Å². The highest BCUT2D eigenvalue weighted by Crippen LogP contribution is 2.33. The molecule has 4 heterocycles. The van der Waals surface area contributed by atoms with Crippen molar-refractivity contribution in [3.05, 3.63) is 30.5 Å². The number of aromatic nitrogens is 4. The second kappa shape index (κ2) is 6.45. The standard InChI is InChI=1S/C19H21FN6O/c20-7-8-26-19-16(9-22-26)18(25-10-14-5-6-15(11-25)27-14)23-17(24-19)12-1-3-13(21)4-2-12/h1-4,9,14-15H,5-8,10-11,21H2. The van der Waals surface area contributed by atoms with Crippen molar-refractivity contribution >= 4 is 22.5 Å². The van der Waals surface area contributed by atoms with Gasteiger partial charge < -0.3 is 15.4 Å². The number of ether oxygens (including phenoxy) is 1. The molecule has 7 nitrogen and oxygen atoms in total. The fourth-order valence-corrected chi connectivity index (χ4v) is 3.97. The van der Waals surface area contributed by atoms with Crippen LogP contribution in [0.15, 0.2) is 30.5 Å². The van der Waals surface area contributed by atoms with E-state index in [4.69, 9.17) is 15.5 Å². The summed E-state index contributed by atoms with van der Waals surface area (Å²) < 4.78 is 20.5. The van der Waals surface area contributed by atoms with Crippen molar-refractivity contribution in [1.29, 1.82) is 0 Å². The van der Waals surface area contributed by atoms with Crippen LogP contribution in [0.2, 0.25) is 0 Å². The highest BCUT2D eigenvalue weighted by atomic mass is 19.1. The fourth-order valence-electron chi connectivity index (χ4n) is 3.97. The van der Waals surface area contributed by atoms with Crippen LogP contribution in [0.25, 0.3) is 22.4 Å². The van der Waals surface area contributed by atoms with E-state index in [1.54, 1.807) is 10.9 Å². The third-order valence-corrected chi connectivity index (χ3v) is 5.28. The summed E-state index contributed by atoms with van der Waals surface area (Å²) in [4.78, 5) is 11.8. The molecule has 2 fully saturated rings. The molecule has 0 aliphatic carbocycles. The number of morpholine rings is 1. The molecular formula is C19H21FN6O. The van der Waals surface area contributed by atoms with Crippen LogP contribution in [-0.2, 0) is 11.3 Å². The monoisotopic (exact) mass is 368 g/mol. The zero-order valence-electron chi connectivity index (χ0n) is 14.9. The van der Waals surface area contributed by atoms with Gasteiger partial charge >= 0.3 is 0 Å². The summed E-state index contributed by atoms with van der Waals surface area (Å²) in [5.74, 6) is 1.44. The fraction of sp³-hybridized carbons (Fsp3) is 0.421. The topological polar surface area (TPSA) is 82.1 Å². The SMILES string of the molecule is Nc1ccc(-c2nc(N3CC4CCC(C3)O4)c3cnn(CCF)c3n2)cc1. The van der Waals surface area contributed by atoms with Gasteiger partial charge in [0.15, 0.2) is 11.5 Å². The van der Waals surface area contributed by atoms with Gasteiger partial charge in [-0.15, -0.1) is 0 Å². The van der Waals surface area contributed by atoms with Crippen molar-refractivity contribution in [2.45, 2.75) is 31.6 Å². The minimum absolute atomic E-state index is 0.176. The first kappa shape index (κ1) is 16.4. The van der Waals surface area contributed by atoms with Crippen molar-refractivity contribution in [3.8, 4) is 11.4 Å². The Morgan fingerprint density at radius 1 is 1.11 bits per heavy atom. The van der Waals surface area contributed by atoms with Gasteiger partial charge in [-0.2, -0.15) is 5.10 Å². The molecular weight excluding hydrogens is 347 g/mol. The largest absolute Gasteiger partial charge is 0.399 e. The van der Waals surface area contributed by atoms with Crippen LogP contribution in [0.1, 0.15) is 12.8 Å². The highest BCUT2D eigenvalue weighted by molar-refractivity contribution is 5.89.